The second-order valence-corrected chi connectivity index (χ2v) is 7.38. The summed E-state index contributed by atoms with van der Waals surface area (Å²) in [4.78, 5) is 36.6. The Morgan fingerprint density at radius 1 is 1.25 bits per heavy atom. The number of imidazole rings is 1. The molecule has 1 atom stereocenters. The van der Waals surface area contributed by atoms with Gasteiger partial charge in [0.1, 0.15) is 34.6 Å². The van der Waals surface area contributed by atoms with E-state index in [2.05, 4.69) is 20.3 Å². The molecular weight excluding hydrogens is 415 g/mol. The quantitative estimate of drug-likeness (QED) is 0.562. The number of nitrogens with zero attached hydrogens (tertiary/aromatic N) is 5. The number of nitrogens with one attached hydrogen (secondary N) is 1. The molecule has 0 saturated carbocycles. The van der Waals surface area contributed by atoms with Crippen LogP contribution in [0.5, 0.6) is 0 Å². The molecule has 1 aliphatic heterocycles. The molecule has 3 aromatic rings. The minimum atomic E-state index is -1.19. The Labute approximate surface area is 181 Å². The highest BCUT2D eigenvalue weighted by Gasteiger charge is 2.36. The maximum Gasteiger partial charge on any atom is 0.284 e. The van der Waals surface area contributed by atoms with Crippen LogP contribution in [0.25, 0.3) is 0 Å². The monoisotopic (exact) mass is 432 g/mol. The molecule has 3 heterocycles. The normalized spacial score (nSPS) is 17.1. The summed E-state index contributed by atoms with van der Waals surface area (Å²) < 4.78 is 16.3. The molecule has 2 amide bonds. The first-order valence-electron chi connectivity index (χ1n) is 9.40. The summed E-state index contributed by atoms with van der Waals surface area (Å²) in [7, 11) is 0. The standard InChI is InChI=1S/C21H17FN8O2/c1-21(10-30-16(17(24)29-21)9-27-19(30)18(25)31)13-6-12(3-4-14(13)22)28-20(32)15-5-2-11(7-23)8-26-15/h2-6,8-9H,10H2,1H3,(H2,24,29)(H2,25,31)(H,28,32)/t21-/m0/s1. The zero-order valence-electron chi connectivity index (χ0n) is 16.8. The van der Waals surface area contributed by atoms with Gasteiger partial charge in [-0.1, -0.05) is 0 Å². The number of aromatic nitrogens is 3. The summed E-state index contributed by atoms with van der Waals surface area (Å²) in [5, 5.41) is 11.5. The van der Waals surface area contributed by atoms with Crippen LogP contribution in [0.2, 0.25) is 0 Å². The lowest BCUT2D eigenvalue weighted by molar-refractivity contribution is 0.0982. The summed E-state index contributed by atoms with van der Waals surface area (Å²) >= 11 is 0. The summed E-state index contributed by atoms with van der Waals surface area (Å²) in [6.07, 6.45) is 2.67. The Kier molecular flexibility index (Phi) is 4.90. The summed E-state index contributed by atoms with van der Waals surface area (Å²) in [5.41, 5.74) is 11.5. The average molecular weight is 432 g/mol. The lowest BCUT2D eigenvalue weighted by Gasteiger charge is -2.32. The number of aliphatic imine (C=N–C) groups is 1. The predicted octanol–water partition coefficient (Wildman–Crippen LogP) is 1.27. The number of rotatable bonds is 4. The fourth-order valence-electron chi connectivity index (χ4n) is 3.55. The minimum Gasteiger partial charge on any atom is -0.382 e. The highest BCUT2D eigenvalue weighted by atomic mass is 19.1. The molecular formula is C21H17FN8O2. The number of pyridine rings is 1. The number of nitrogens with two attached hydrogens (primary N) is 2. The van der Waals surface area contributed by atoms with Gasteiger partial charge in [0.05, 0.1) is 18.3 Å². The molecule has 11 heteroatoms. The van der Waals surface area contributed by atoms with Crippen molar-refractivity contribution in [3.63, 3.8) is 0 Å². The number of hydrogen-bond acceptors (Lipinski definition) is 7. The number of nitriles is 1. The topological polar surface area (TPSA) is 165 Å². The predicted molar refractivity (Wildman–Crippen MR) is 112 cm³/mol. The number of amides is 2. The smallest absolute Gasteiger partial charge is 0.284 e. The molecule has 160 valence electrons. The molecule has 2 aromatic heterocycles. The largest absolute Gasteiger partial charge is 0.382 e. The number of carbonyl (C=O) groups is 2. The zero-order valence-corrected chi connectivity index (χ0v) is 16.8. The lowest BCUT2D eigenvalue weighted by atomic mass is 9.90. The van der Waals surface area contributed by atoms with Gasteiger partial charge in [-0.05, 0) is 37.3 Å². The van der Waals surface area contributed by atoms with E-state index >= 15 is 0 Å². The van der Waals surface area contributed by atoms with Crippen molar-refractivity contribution in [3.8, 4) is 6.07 Å². The van der Waals surface area contributed by atoms with Crippen molar-refractivity contribution in [2.75, 3.05) is 5.32 Å². The van der Waals surface area contributed by atoms with Gasteiger partial charge in [0, 0.05) is 17.4 Å². The third kappa shape index (κ3) is 3.54. The molecule has 1 aliphatic rings. The molecule has 10 nitrogen and oxygen atoms in total. The molecule has 4 rings (SSSR count). The first-order valence-corrected chi connectivity index (χ1v) is 9.40. The third-order valence-corrected chi connectivity index (χ3v) is 5.10. The SMILES string of the molecule is C[C@@]1(c2cc(NC(=O)c3ccc(C#N)cn3)ccc2F)Cn2c(cnc2C(N)=O)C(N)=N1. The molecule has 0 aliphatic carbocycles. The van der Waals surface area contributed by atoms with Crippen LogP contribution in [0.15, 0.2) is 47.7 Å². The van der Waals surface area contributed by atoms with E-state index in [1.54, 1.807) is 6.92 Å². The highest BCUT2D eigenvalue weighted by molar-refractivity contribution is 6.03. The fraction of sp³-hybridized carbons (Fsp3) is 0.143. The molecule has 1 aromatic carbocycles. The van der Waals surface area contributed by atoms with Gasteiger partial charge in [0.25, 0.3) is 11.8 Å². The van der Waals surface area contributed by atoms with Crippen LogP contribution in [-0.2, 0) is 12.1 Å². The van der Waals surface area contributed by atoms with Crippen LogP contribution in [0.1, 0.15) is 44.9 Å². The van der Waals surface area contributed by atoms with E-state index in [0.29, 0.717) is 16.9 Å². The number of primary amides is 1. The number of amidine groups is 1. The Balaban J connectivity index is 1.67. The molecule has 32 heavy (non-hydrogen) atoms. The van der Waals surface area contributed by atoms with Gasteiger partial charge in [-0.15, -0.1) is 0 Å². The number of halogens is 1. The summed E-state index contributed by atoms with van der Waals surface area (Å²) in [6.45, 7) is 1.71. The number of fused-ring (bicyclic) bond motifs is 1. The molecule has 0 saturated heterocycles. The van der Waals surface area contributed by atoms with E-state index < -0.39 is 23.2 Å². The van der Waals surface area contributed by atoms with Gasteiger partial charge in [-0.3, -0.25) is 14.6 Å². The third-order valence-electron chi connectivity index (χ3n) is 5.10. The second kappa shape index (κ2) is 7.59. The van der Waals surface area contributed by atoms with Gasteiger partial charge in [-0.2, -0.15) is 5.26 Å². The zero-order chi connectivity index (χ0) is 23.0. The maximum absolute atomic E-state index is 14.8. The average Bonchev–Trinajstić information content (AvgIpc) is 3.19. The van der Waals surface area contributed by atoms with E-state index in [1.807, 2.05) is 6.07 Å². The molecule has 5 N–H and O–H groups in total. The van der Waals surface area contributed by atoms with Crippen LogP contribution in [-0.4, -0.2) is 32.2 Å². The van der Waals surface area contributed by atoms with Gasteiger partial charge in [-0.25, -0.2) is 14.4 Å². The van der Waals surface area contributed by atoms with Crippen LogP contribution >= 0.6 is 0 Å². The van der Waals surface area contributed by atoms with Crippen molar-refractivity contribution in [1.29, 1.82) is 5.26 Å². The van der Waals surface area contributed by atoms with Crippen molar-refractivity contribution >= 4 is 23.3 Å². The minimum absolute atomic E-state index is 0.0131. The van der Waals surface area contributed by atoms with Gasteiger partial charge >= 0.3 is 0 Å². The number of hydrogen-bond donors (Lipinski definition) is 3. The van der Waals surface area contributed by atoms with Crippen molar-refractivity contribution < 1.29 is 14.0 Å². The van der Waals surface area contributed by atoms with Crippen molar-refractivity contribution in [3.05, 3.63) is 76.9 Å². The maximum atomic E-state index is 14.8. The van der Waals surface area contributed by atoms with Gasteiger partial charge in [0.15, 0.2) is 5.82 Å². The molecule has 0 unspecified atom stereocenters. The van der Waals surface area contributed by atoms with Crippen LogP contribution in [0, 0.1) is 17.1 Å². The Hall–Kier alpha value is -4.59. The van der Waals surface area contributed by atoms with E-state index in [-0.39, 0.29) is 29.5 Å². The van der Waals surface area contributed by atoms with Crippen LogP contribution < -0.4 is 16.8 Å². The first kappa shape index (κ1) is 20.7. The van der Waals surface area contributed by atoms with Gasteiger partial charge < -0.3 is 21.4 Å². The van der Waals surface area contributed by atoms with Crippen molar-refractivity contribution in [1.82, 2.24) is 14.5 Å². The van der Waals surface area contributed by atoms with E-state index in [0.717, 1.165) is 0 Å². The van der Waals surface area contributed by atoms with Gasteiger partial charge in [0.2, 0.25) is 0 Å². The summed E-state index contributed by atoms with van der Waals surface area (Å²) in [5.74, 6) is -1.78. The van der Waals surface area contributed by atoms with E-state index in [1.165, 1.54) is 47.3 Å². The van der Waals surface area contributed by atoms with Crippen molar-refractivity contribution in [2.45, 2.75) is 19.0 Å². The number of carbonyl (C=O) groups excluding carboxylic acids is 2. The van der Waals surface area contributed by atoms with Crippen LogP contribution in [0.4, 0.5) is 10.1 Å². The Bertz CT molecular complexity index is 1320. The van der Waals surface area contributed by atoms with E-state index in [9.17, 15) is 14.0 Å². The molecule has 0 fully saturated rings. The fourth-order valence-corrected chi connectivity index (χ4v) is 3.55. The number of benzene rings is 1. The number of anilines is 1. The second-order valence-electron chi connectivity index (χ2n) is 7.38. The molecule has 0 radical (unpaired) electrons. The Morgan fingerprint density at radius 2 is 2.03 bits per heavy atom. The van der Waals surface area contributed by atoms with E-state index in [4.69, 9.17) is 16.7 Å². The summed E-state index contributed by atoms with van der Waals surface area (Å²) in [6, 6.07) is 8.85. The first-order chi connectivity index (χ1) is 15.2. The Morgan fingerprint density at radius 3 is 2.69 bits per heavy atom. The lowest BCUT2D eigenvalue weighted by Crippen LogP contribution is -2.39. The highest BCUT2D eigenvalue weighted by Crippen LogP contribution is 2.35. The van der Waals surface area contributed by atoms with Crippen LogP contribution in [0.3, 0.4) is 0 Å². The molecule has 0 bridgehead atoms. The van der Waals surface area contributed by atoms with Crippen molar-refractivity contribution in [2.24, 2.45) is 16.5 Å². The molecule has 0 spiro atoms.